The van der Waals surface area contributed by atoms with Crippen molar-refractivity contribution in [2.75, 3.05) is 38.6 Å². The third-order valence-corrected chi connectivity index (χ3v) is 4.44. The molecule has 1 aromatic rings. The van der Waals surface area contributed by atoms with E-state index >= 15 is 0 Å². The van der Waals surface area contributed by atoms with Gasteiger partial charge in [0.25, 0.3) is 0 Å². The van der Waals surface area contributed by atoms with Gasteiger partial charge in [-0.1, -0.05) is 6.08 Å². The summed E-state index contributed by atoms with van der Waals surface area (Å²) >= 11 is 0. The van der Waals surface area contributed by atoms with Crippen molar-refractivity contribution in [3.8, 4) is 5.88 Å². The van der Waals surface area contributed by atoms with E-state index in [1.165, 1.54) is 0 Å². The van der Waals surface area contributed by atoms with Crippen molar-refractivity contribution in [2.45, 2.75) is 31.8 Å². The molecule has 2 rings (SSSR count). The van der Waals surface area contributed by atoms with Crippen LogP contribution < -0.4 is 9.64 Å². The molecule has 138 valence electrons. The van der Waals surface area contributed by atoms with E-state index in [-0.39, 0.29) is 12.0 Å². The Labute approximate surface area is 149 Å². The first-order valence-electron chi connectivity index (χ1n) is 8.71. The lowest BCUT2D eigenvalue weighted by Crippen LogP contribution is -2.42. The summed E-state index contributed by atoms with van der Waals surface area (Å²) in [5.41, 5.74) is 0. The average molecular weight is 348 g/mol. The van der Waals surface area contributed by atoms with Gasteiger partial charge in [-0.15, -0.1) is 6.58 Å². The molecule has 0 saturated carbocycles. The van der Waals surface area contributed by atoms with Gasteiger partial charge in [0.2, 0.25) is 5.88 Å². The second-order valence-electron chi connectivity index (χ2n) is 6.63. The molecule has 1 aromatic heterocycles. The number of anilines is 1. The number of piperidine rings is 1. The fraction of sp³-hybridized carbons (Fsp3) is 0.611. The van der Waals surface area contributed by atoms with Gasteiger partial charge in [0, 0.05) is 20.6 Å². The Bertz CT molecular complexity index is 571. The van der Waals surface area contributed by atoms with Gasteiger partial charge < -0.3 is 14.7 Å². The van der Waals surface area contributed by atoms with Gasteiger partial charge in [0.05, 0.1) is 18.3 Å². The second kappa shape index (κ2) is 9.36. The molecule has 2 heterocycles. The number of hydrogen-bond acceptors (Lipinski definition) is 6. The highest BCUT2D eigenvalue weighted by atomic mass is 16.5. The summed E-state index contributed by atoms with van der Waals surface area (Å²) < 4.78 is 6.08. The van der Waals surface area contributed by atoms with Gasteiger partial charge in [-0.05, 0) is 38.8 Å². The minimum atomic E-state index is -0.685. The molecule has 25 heavy (non-hydrogen) atoms. The lowest BCUT2D eigenvalue weighted by Gasteiger charge is -2.32. The molecule has 1 saturated heterocycles. The van der Waals surface area contributed by atoms with Gasteiger partial charge in [-0.2, -0.15) is 4.98 Å². The summed E-state index contributed by atoms with van der Waals surface area (Å²) in [7, 11) is 3.82. The maximum Gasteiger partial charge on any atom is 0.306 e. The van der Waals surface area contributed by atoms with Crippen LogP contribution in [0.25, 0.3) is 0 Å². The summed E-state index contributed by atoms with van der Waals surface area (Å²) in [6.45, 7) is 6.11. The van der Waals surface area contributed by atoms with Gasteiger partial charge in [0.1, 0.15) is 6.10 Å². The van der Waals surface area contributed by atoms with E-state index in [1.54, 1.807) is 12.4 Å². The molecule has 0 spiro atoms. The smallest absolute Gasteiger partial charge is 0.306 e. The van der Waals surface area contributed by atoms with Crippen LogP contribution in [-0.2, 0) is 4.79 Å². The van der Waals surface area contributed by atoms with E-state index in [9.17, 15) is 4.79 Å². The van der Waals surface area contributed by atoms with Gasteiger partial charge in [-0.3, -0.25) is 14.7 Å². The number of nitrogens with zero attached hydrogens (tertiary/aromatic N) is 4. The average Bonchev–Trinajstić information content (AvgIpc) is 2.60. The fourth-order valence-corrected chi connectivity index (χ4v) is 2.92. The zero-order valence-electron chi connectivity index (χ0n) is 15.1. The molecule has 1 atom stereocenters. The zero-order valence-corrected chi connectivity index (χ0v) is 15.1. The Kier molecular flexibility index (Phi) is 7.18. The lowest BCUT2D eigenvalue weighted by molar-refractivity contribution is -0.143. The molecule has 1 aliphatic heterocycles. The molecule has 0 radical (unpaired) electrons. The number of rotatable bonds is 9. The molecule has 1 fully saturated rings. The van der Waals surface area contributed by atoms with E-state index in [4.69, 9.17) is 9.84 Å². The van der Waals surface area contributed by atoms with Crippen molar-refractivity contribution in [1.29, 1.82) is 0 Å². The van der Waals surface area contributed by atoms with Crippen LogP contribution in [0.3, 0.4) is 0 Å². The van der Waals surface area contributed by atoms with Gasteiger partial charge in [0.15, 0.2) is 5.82 Å². The van der Waals surface area contributed by atoms with Crippen LogP contribution in [0.1, 0.15) is 25.7 Å². The highest BCUT2D eigenvalue weighted by Gasteiger charge is 2.26. The molecule has 7 heteroatoms. The van der Waals surface area contributed by atoms with Crippen molar-refractivity contribution in [2.24, 2.45) is 5.92 Å². The van der Waals surface area contributed by atoms with E-state index in [1.807, 2.05) is 25.1 Å². The van der Waals surface area contributed by atoms with E-state index in [2.05, 4.69) is 21.4 Å². The Balaban J connectivity index is 1.95. The first-order chi connectivity index (χ1) is 12.0. The maximum atomic E-state index is 11.1. The molecule has 0 unspecified atom stereocenters. The summed E-state index contributed by atoms with van der Waals surface area (Å²) in [5, 5.41) is 9.11. The van der Waals surface area contributed by atoms with Crippen LogP contribution in [0.2, 0.25) is 0 Å². The summed E-state index contributed by atoms with van der Waals surface area (Å²) in [6.07, 6.45) is 8.28. The number of hydrogen-bond donors (Lipinski definition) is 1. The number of carbonyl (C=O) groups is 1. The van der Waals surface area contributed by atoms with Crippen molar-refractivity contribution in [1.82, 2.24) is 14.9 Å². The van der Waals surface area contributed by atoms with Crippen LogP contribution >= 0.6 is 0 Å². The zero-order chi connectivity index (χ0) is 18.2. The second-order valence-corrected chi connectivity index (χ2v) is 6.63. The van der Waals surface area contributed by atoms with Crippen LogP contribution in [0, 0.1) is 5.92 Å². The van der Waals surface area contributed by atoms with Crippen molar-refractivity contribution in [3.05, 3.63) is 25.0 Å². The number of aromatic nitrogens is 2. The van der Waals surface area contributed by atoms with Crippen LogP contribution in [0.15, 0.2) is 25.0 Å². The fourth-order valence-electron chi connectivity index (χ4n) is 2.92. The number of aliphatic carboxylic acids is 1. The largest absolute Gasteiger partial charge is 0.481 e. The summed E-state index contributed by atoms with van der Waals surface area (Å²) in [6, 6.07) is 0. The lowest BCUT2D eigenvalue weighted by atomic mass is 9.97. The number of likely N-dealkylation sites (tertiary alicyclic amines) is 1. The number of allylic oxidation sites excluding steroid dienone is 1. The monoisotopic (exact) mass is 348 g/mol. The van der Waals surface area contributed by atoms with Crippen LogP contribution in [0.4, 0.5) is 5.82 Å². The molecule has 0 aromatic carbocycles. The SMILES string of the molecule is C=CCC[C@H](CN1CCC(C(=O)O)CC1)Oc1cncc(N(C)C)n1. The topological polar surface area (TPSA) is 78.8 Å². The number of carboxylic acids is 1. The van der Waals surface area contributed by atoms with Crippen LogP contribution in [0.5, 0.6) is 5.88 Å². The van der Waals surface area contributed by atoms with E-state index < -0.39 is 5.97 Å². The molecule has 7 nitrogen and oxygen atoms in total. The number of ether oxygens (including phenoxy) is 1. The van der Waals surface area contributed by atoms with Crippen molar-refractivity contribution >= 4 is 11.8 Å². The first kappa shape index (κ1) is 19.2. The summed E-state index contributed by atoms with van der Waals surface area (Å²) in [4.78, 5) is 23.9. The third-order valence-electron chi connectivity index (χ3n) is 4.44. The van der Waals surface area contributed by atoms with Crippen molar-refractivity contribution < 1.29 is 14.6 Å². The normalized spacial score (nSPS) is 17.0. The highest BCUT2D eigenvalue weighted by Crippen LogP contribution is 2.20. The minimum Gasteiger partial charge on any atom is -0.481 e. The molecular formula is C18H28N4O3. The first-order valence-corrected chi connectivity index (χ1v) is 8.71. The van der Waals surface area contributed by atoms with E-state index in [0.717, 1.165) is 38.3 Å². The number of carboxylic acid groups (broad SMARTS) is 1. The predicted molar refractivity (Wildman–Crippen MR) is 97.0 cm³/mol. The molecule has 1 aliphatic rings. The highest BCUT2D eigenvalue weighted by molar-refractivity contribution is 5.70. The Morgan fingerprint density at radius 2 is 2.20 bits per heavy atom. The van der Waals surface area contributed by atoms with Crippen molar-refractivity contribution in [3.63, 3.8) is 0 Å². The predicted octanol–water partition coefficient (Wildman–Crippen LogP) is 2.05. The van der Waals surface area contributed by atoms with E-state index in [0.29, 0.717) is 18.7 Å². The Morgan fingerprint density at radius 1 is 1.48 bits per heavy atom. The Hall–Kier alpha value is -2.15. The minimum absolute atomic E-state index is 0.0221. The molecule has 0 amide bonds. The third kappa shape index (κ3) is 6.01. The Morgan fingerprint density at radius 3 is 2.80 bits per heavy atom. The van der Waals surface area contributed by atoms with Crippen LogP contribution in [-0.4, -0.2) is 65.8 Å². The van der Waals surface area contributed by atoms with Gasteiger partial charge in [-0.25, -0.2) is 0 Å². The molecule has 1 N–H and O–H groups in total. The molecule has 0 bridgehead atoms. The molecular weight excluding hydrogens is 320 g/mol. The standard InChI is InChI=1S/C18H28N4O3/c1-4-5-6-15(13-22-9-7-14(8-10-22)18(23)24)25-17-12-19-11-16(20-17)21(2)3/h4,11-12,14-15H,1,5-10,13H2,2-3H3,(H,23,24)/t15-/m1/s1. The quantitative estimate of drug-likeness (QED) is 0.684. The molecule has 0 aliphatic carbocycles. The summed E-state index contributed by atoms with van der Waals surface area (Å²) in [5.74, 6) is 0.365. The van der Waals surface area contributed by atoms with Gasteiger partial charge >= 0.3 is 5.97 Å². The maximum absolute atomic E-state index is 11.1.